The van der Waals surface area contributed by atoms with Crippen molar-refractivity contribution in [1.82, 2.24) is 14.3 Å². The molecule has 0 radical (unpaired) electrons. The molecule has 3 heterocycles. The Morgan fingerprint density at radius 3 is 3.05 bits per heavy atom. The number of aromatic nitrogens is 2. The highest BCUT2D eigenvalue weighted by molar-refractivity contribution is 5.65. The molecular formula is C15H19N3O2. The maximum absolute atomic E-state index is 11.3. The van der Waals surface area contributed by atoms with Crippen LogP contribution in [0.1, 0.15) is 30.7 Å². The van der Waals surface area contributed by atoms with Gasteiger partial charge in [-0.3, -0.25) is 0 Å². The number of fused-ring (bicyclic) bond motifs is 1. The minimum Gasteiger partial charge on any atom is -0.465 e. The van der Waals surface area contributed by atoms with Crippen LogP contribution in [0.2, 0.25) is 0 Å². The largest absolute Gasteiger partial charge is 0.465 e. The lowest BCUT2D eigenvalue weighted by Gasteiger charge is -2.33. The van der Waals surface area contributed by atoms with Gasteiger partial charge in [0, 0.05) is 30.9 Å². The Morgan fingerprint density at radius 1 is 1.45 bits per heavy atom. The van der Waals surface area contributed by atoms with E-state index in [0.29, 0.717) is 13.0 Å². The number of pyridine rings is 1. The highest BCUT2D eigenvalue weighted by Gasteiger charge is 2.27. The second-order valence-electron chi connectivity index (χ2n) is 5.40. The summed E-state index contributed by atoms with van der Waals surface area (Å²) in [5.41, 5.74) is 3.04. The lowest BCUT2D eigenvalue weighted by molar-refractivity contribution is 0.106. The van der Waals surface area contributed by atoms with Crippen molar-refractivity contribution >= 4 is 11.7 Å². The van der Waals surface area contributed by atoms with Crippen LogP contribution < -0.4 is 0 Å². The van der Waals surface area contributed by atoms with Gasteiger partial charge in [0.15, 0.2) is 0 Å². The van der Waals surface area contributed by atoms with Gasteiger partial charge in [0.25, 0.3) is 0 Å². The molecule has 1 amide bonds. The number of nitrogens with zero attached hydrogens (tertiary/aromatic N) is 3. The van der Waals surface area contributed by atoms with Gasteiger partial charge in [0.05, 0.1) is 5.69 Å². The smallest absolute Gasteiger partial charge is 0.407 e. The van der Waals surface area contributed by atoms with Crippen LogP contribution in [-0.2, 0) is 6.42 Å². The summed E-state index contributed by atoms with van der Waals surface area (Å²) in [6, 6.07) is 5.99. The van der Waals surface area contributed by atoms with Crippen LogP contribution >= 0.6 is 0 Å². The zero-order valence-electron chi connectivity index (χ0n) is 11.6. The molecule has 2 aromatic heterocycles. The number of carboxylic acid groups (broad SMARTS) is 1. The molecule has 3 rings (SSSR count). The molecule has 5 nitrogen and oxygen atoms in total. The van der Waals surface area contributed by atoms with Crippen molar-refractivity contribution in [3.05, 3.63) is 35.8 Å². The fourth-order valence-electron chi connectivity index (χ4n) is 3.05. The topological polar surface area (TPSA) is 57.8 Å². The summed E-state index contributed by atoms with van der Waals surface area (Å²) in [6.07, 6.45) is 4.89. The number of piperidine rings is 1. The minimum absolute atomic E-state index is 0.0601. The second-order valence-corrected chi connectivity index (χ2v) is 5.40. The third-order valence-corrected chi connectivity index (χ3v) is 4.17. The Kier molecular flexibility index (Phi) is 3.34. The van der Waals surface area contributed by atoms with E-state index in [9.17, 15) is 9.90 Å². The summed E-state index contributed by atoms with van der Waals surface area (Å²) in [5.74, 6) is 0. The first-order valence-corrected chi connectivity index (χ1v) is 7.09. The molecule has 1 saturated heterocycles. The average Bonchev–Trinajstić information content (AvgIpc) is 2.76. The van der Waals surface area contributed by atoms with E-state index in [4.69, 9.17) is 0 Å². The first-order valence-electron chi connectivity index (χ1n) is 7.09. The molecule has 1 atom stereocenters. The van der Waals surface area contributed by atoms with Crippen molar-refractivity contribution in [2.75, 3.05) is 6.54 Å². The number of imidazole rings is 1. The number of hydrogen-bond acceptors (Lipinski definition) is 2. The van der Waals surface area contributed by atoms with Gasteiger partial charge in [-0.15, -0.1) is 0 Å². The predicted molar refractivity (Wildman–Crippen MR) is 76.0 cm³/mol. The first kappa shape index (κ1) is 13.0. The third-order valence-electron chi connectivity index (χ3n) is 4.17. The van der Waals surface area contributed by atoms with Gasteiger partial charge < -0.3 is 14.4 Å². The standard InChI is InChI=1S/C15H19N3O2/c1-11-13(16-14-7-3-5-8-17(11)14)10-12-6-2-4-9-18(12)15(19)20/h3,5,7-8,12H,2,4,6,9-10H2,1H3,(H,19,20)/t12-/m0/s1. The van der Waals surface area contributed by atoms with Gasteiger partial charge in [0.2, 0.25) is 0 Å². The minimum atomic E-state index is -0.809. The Balaban J connectivity index is 1.88. The number of aryl methyl sites for hydroxylation is 1. The maximum atomic E-state index is 11.3. The summed E-state index contributed by atoms with van der Waals surface area (Å²) in [7, 11) is 0. The molecule has 5 heteroatoms. The third kappa shape index (κ3) is 2.24. The van der Waals surface area contributed by atoms with Gasteiger partial charge in [-0.2, -0.15) is 0 Å². The van der Waals surface area contributed by atoms with Gasteiger partial charge in [-0.25, -0.2) is 9.78 Å². The highest BCUT2D eigenvalue weighted by atomic mass is 16.4. The van der Waals surface area contributed by atoms with Crippen molar-refractivity contribution in [3.8, 4) is 0 Å². The number of hydrogen-bond donors (Lipinski definition) is 1. The van der Waals surface area contributed by atoms with Gasteiger partial charge in [0.1, 0.15) is 5.65 Å². The lowest BCUT2D eigenvalue weighted by Crippen LogP contribution is -2.44. The molecule has 0 unspecified atom stereocenters. The van der Waals surface area contributed by atoms with Crippen LogP contribution in [-0.4, -0.2) is 38.1 Å². The highest BCUT2D eigenvalue weighted by Crippen LogP contribution is 2.22. The number of amides is 1. The van der Waals surface area contributed by atoms with Crippen molar-refractivity contribution in [1.29, 1.82) is 0 Å². The zero-order chi connectivity index (χ0) is 14.1. The average molecular weight is 273 g/mol. The SMILES string of the molecule is Cc1c(C[C@@H]2CCCCN2C(=O)O)nc2ccccn12. The van der Waals surface area contributed by atoms with E-state index in [2.05, 4.69) is 9.38 Å². The van der Waals surface area contributed by atoms with E-state index in [0.717, 1.165) is 36.3 Å². The molecule has 1 aliphatic heterocycles. The molecule has 0 bridgehead atoms. The van der Waals surface area contributed by atoms with Crippen molar-refractivity contribution in [3.63, 3.8) is 0 Å². The molecule has 2 aromatic rings. The monoisotopic (exact) mass is 273 g/mol. The normalized spacial score (nSPS) is 19.4. The zero-order valence-corrected chi connectivity index (χ0v) is 11.6. The van der Waals surface area contributed by atoms with Crippen molar-refractivity contribution in [2.24, 2.45) is 0 Å². The fraction of sp³-hybridized carbons (Fsp3) is 0.467. The molecule has 0 aliphatic carbocycles. The number of likely N-dealkylation sites (tertiary alicyclic amines) is 1. The van der Waals surface area contributed by atoms with E-state index in [1.807, 2.05) is 31.3 Å². The number of rotatable bonds is 2. The first-order chi connectivity index (χ1) is 9.66. The molecule has 1 aliphatic rings. The quantitative estimate of drug-likeness (QED) is 0.915. The fourth-order valence-corrected chi connectivity index (χ4v) is 3.05. The Bertz CT molecular complexity index is 635. The summed E-state index contributed by atoms with van der Waals surface area (Å²) < 4.78 is 2.06. The van der Waals surface area contributed by atoms with Crippen LogP contribution in [0.15, 0.2) is 24.4 Å². The van der Waals surface area contributed by atoms with E-state index in [1.54, 1.807) is 4.90 Å². The molecule has 106 valence electrons. The van der Waals surface area contributed by atoms with Gasteiger partial charge in [-0.05, 0) is 38.3 Å². The molecule has 0 spiro atoms. The van der Waals surface area contributed by atoms with Crippen LogP contribution in [0, 0.1) is 6.92 Å². The van der Waals surface area contributed by atoms with Gasteiger partial charge >= 0.3 is 6.09 Å². The van der Waals surface area contributed by atoms with Gasteiger partial charge in [-0.1, -0.05) is 6.07 Å². The molecule has 1 fully saturated rings. The van der Waals surface area contributed by atoms with E-state index in [-0.39, 0.29) is 6.04 Å². The van der Waals surface area contributed by atoms with Crippen LogP contribution in [0.3, 0.4) is 0 Å². The summed E-state index contributed by atoms with van der Waals surface area (Å²) in [6.45, 7) is 2.69. The maximum Gasteiger partial charge on any atom is 0.407 e. The van der Waals surface area contributed by atoms with E-state index < -0.39 is 6.09 Å². The van der Waals surface area contributed by atoms with Crippen LogP contribution in [0.5, 0.6) is 0 Å². The second kappa shape index (κ2) is 5.15. The summed E-state index contributed by atoms with van der Waals surface area (Å²) in [4.78, 5) is 17.5. The van der Waals surface area contributed by atoms with Crippen LogP contribution in [0.4, 0.5) is 4.79 Å². The Hall–Kier alpha value is -2.04. The molecular weight excluding hydrogens is 254 g/mol. The van der Waals surface area contributed by atoms with Crippen molar-refractivity contribution < 1.29 is 9.90 Å². The number of carbonyl (C=O) groups is 1. The Labute approximate surface area is 117 Å². The molecule has 1 N–H and O–H groups in total. The summed E-state index contributed by atoms with van der Waals surface area (Å²) in [5, 5.41) is 9.30. The molecule has 20 heavy (non-hydrogen) atoms. The summed E-state index contributed by atoms with van der Waals surface area (Å²) >= 11 is 0. The Morgan fingerprint density at radius 2 is 2.30 bits per heavy atom. The van der Waals surface area contributed by atoms with E-state index in [1.165, 1.54) is 0 Å². The van der Waals surface area contributed by atoms with Crippen LogP contribution in [0.25, 0.3) is 5.65 Å². The van der Waals surface area contributed by atoms with E-state index >= 15 is 0 Å². The predicted octanol–water partition coefficient (Wildman–Crippen LogP) is 2.72. The molecule has 0 aromatic carbocycles. The van der Waals surface area contributed by atoms with Crippen molar-refractivity contribution in [2.45, 2.75) is 38.6 Å². The lowest BCUT2D eigenvalue weighted by atomic mass is 9.98. The molecule has 0 saturated carbocycles.